The SMILES string of the molecule is Cc1nc(-c2cn3c(n2)-c2ccccc2OC(OC(C)c2sc(C)nc2C)C3)n(C(C)C)n1. The van der Waals surface area contributed by atoms with Crippen LogP contribution in [0.3, 0.4) is 0 Å². The number of aryl methyl sites for hydroxylation is 3. The van der Waals surface area contributed by atoms with E-state index in [4.69, 9.17) is 14.5 Å². The van der Waals surface area contributed by atoms with Gasteiger partial charge in [0.05, 0.1) is 33.8 Å². The number of benzene rings is 1. The minimum absolute atomic E-state index is 0.135. The molecule has 9 heteroatoms. The van der Waals surface area contributed by atoms with Crippen molar-refractivity contribution in [1.82, 2.24) is 29.3 Å². The Balaban J connectivity index is 1.53. The summed E-state index contributed by atoms with van der Waals surface area (Å²) in [7, 11) is 0. The number of imidazole rings is 1. The van der Waals surface area contributed by atoms with E-state index in [0.29, 0.717) is 6.54 Å². The molecule has 0 N–H and O–H groups in total. The Kier molecular flexibility index (Phi) is 5.54. The Labute approximate surface area is 197 Å². The highest BCUT2D eigenvalue weighted by molar-refractivity contribution is 7.11. The summed E-state index contributed by atoms with van der Waals surface area (Å²) < 4.78 is 16.7. The van der Waals surface area contributed by atoms with E-state index in [2.05, 4.69) is 33.5 Å². The van der Waals surface area contributed by atoms with Gasteiger partial charge in [-0.25, -0.2) is 19.6 Å². The van der Waals surface area contributed by atoms with Gasteiger partial charge >= 0.3 is 0 Å². The Hall–Kier alpha value is -3.04. The third-order valence-electron chi connectivity index (χ3n) is 5.63. The number of rotatable bonds is 5. The predicted octanol–water partition coefficient (Wildman–Crippen LogP) is 5.27. The van der Waals surface area contributed by atoms with Crippen LogP contribution in [0.15, 0.2) is 30.5 Å². The van der Waals surface area contributed by atoms with E-state index in [0.717, 1.165) is 50.1 Å². The van der Waals surface area contributed by atoms with Gasteiger partial charge in [0.25, 0.3) is 0 Å². The highest BCUT2D eigenvalue weighted by Gasteiger charge is 2.28. The van der Waals surface area contributed by atoms with Crippen molar-refractivity contribution in [2.24, 2.45) is 0 Å². The van der Waals surface area contributed by atoms with E-state index in [1.807, 2.05) is 62.8 Å². The van der Waals surface area contributed by atoms with Gasteiger partial charge in [-0.3, -0.25) is 0 Å². The van der Waals surface area contributed by atoms with E-state index in [1.165, 1.54) is 0 Å². The number of hydrogen-bond acceptors (Lipinski definition) is 7. The third-order valence-corrected chi connectivity index (χ3v) is 6.86. The predicted molar refractivity (Wildman–Crippen MR) is 127 cm³/mol. The molecule has 0 fully saturated rings. The van der Waals surface area contributed by atoms with E-state index in [9.17, 15) is 0 Å². The Morgan fingerprint density at radius 1 is 1.06 bits per heavy atom. The standard InChI is InChI=1S/C24H28N6O2S/c1-13(2)30-24(26-16(5)28-30)19-11-29-12-21(31-15(4)22-14(3)25-17(6)33-22)32-20-10-8-7-9-18(20)23(29)27-19/h7-11,13,15,21H,12H2,1-6H3. The van der Waals surface area contributed by atoms with Gasteiger partial charge in [-0.1, -0.05) is 12.1 Å². The van der Waals surface area contributed by atoms with Crippen LogP contribution in [-0.4, -0.2) is 35.6 Å². The van der Waals surface area contributed by atoms with Crippen LogP contribution in [0.2, 0.25) is 0 Å². The molecule has 4 aromatic rings. The molecule has 0 amide bonds. The molecule has 4 heterocycles. The second-order valence-corrected chi connectivity index (χ2v) is 9.86. The van der Waals surface area contributed by atoms with Crippen molar-refractivity contribution in [1.29, 1.82) is 0 Å². The number of ether oxygens (including phenoxy) is 2. The smallest absolute Gasteiger partial charge is 0.218 e. The molecule has 0 saturated carbocycles. The molecule has 0 saturated heterocycles. The molecular weight excluding hydrogens is 436 g/mol. The molecule has 2 atom stereocenters. The van der Waals surface area contributed by atoms with Crippen LogP contribution >= 0.6 is 11.3 Å². The second kappa shape index (κ2) is 8.39. The lowest BCUT2D eigenvalue weighted by atomic mass is 10.2. The Morgan fingerprint density at radius 3 is 2.58 bits per heavy atom. The largest absolute Gasteiger partial charge is 0.462 e. The lowest BCUT2D eigenvalue weighted by Crippen LogP contribution is -2.26. The van der Waals surface area contributed by atoms with Crippen LogP contribution in [0, 0.1) is 20.8 Å². The first kappa shape index (κ1) is 21.8. The number of hydrogen-bond donors (Lipinski definition) is 0. The van der Waals surface area contributed by atoms with Gasteiger partial charge in [-0.15, -0.1) is 11.3 Å². The molecule has 0 aliphatic carbocycles. The van der Waals surface area contributed by atoms with E-state index >= 15 is 0 Å². The summed E-state index contributed by atoms with van der Waals surface area (Å²) in [6.07, 6.45) is 1.41. The maximum Gasteiger partial charge on any atom is 0.218 e. The fraction of sp³-hybridized carbons (Fsp3) is 0.417. The molecule has 5 rings (SSSR count). The topological polar surface area (TPSA) is 79.9 Å². The van der Waals surface area contributed by atoms with Crippen LogP contribution in [-0.2, 0) is 11.3 Å². The summed E-state index contributed by atoms with van der Waals surface area (Å²) in [5.41, 5.74) is 2.73. The quantitative estimate of drug-likeness (QED) is 0.400. The maximum atomic E-state index is 6.41. The lowest BCUT2D eigenvalue weighted by molar-refractivity contribution is -0.120. The highest BCUT2D eigenvalue weighted by Crippen LogP contribution is 2.37. The normalized spacial score (nSPS) is 16.3. The minimum Gasteiger partial charge on any atom is -0.462 e. The average Bonchev–Trinajstić information content (AvgIpc) is 3.42. The number of aromatic nitrogens is 6. The Bertz CT molecular complexity index is 1300. The first-order valence-corrected chi connectivity index (χ1v) is 12.0. The first-order chi connectivity index (χ1) is 15.8. The number of nitrogens with zero attached hydrogens (tertiary/aromatic N) is 6. The van der Waals surface area contributed by atoms with E-state index < -0.39 is 6.29 Å². The molecule has 8 nitrogen and oxygen atoms in total. The molecule has 1 aromatic carbocycles. The molecule has 1 aliphatic rings. The summed E-state index contributed by atoms with van der Waals surface area (Å²) in [5, 5.41) is 5.59. The van der Waals surface area contributed by atoms with Gasteiger partial charge in [-0.2, -0.15) is 5.10 Å². The molecule has 172 valence electrons. The van der Waals surface area contributed by atoms with Gasteiger partial charge < -0.3 is 14.0 Å². The molecule has 0 spiro atoms. The second-order valence-electron chi connectivity index (χ2n) is 8.63. The van der Waals surface area contributed by atoms with Gasteiger partial charge in [0, 0.05) is 12.2 Å². The van der Waals surface area contributed by atoms with Crippen molar-refractivity contribution in [2.45, 2.75) is 66.5 Å². The van der Waals surface area contributed by atoms with Crippen LogP contribution in [0.5, 0.6) is 5.75 Å². The summed E-state index contributed by atoms with van der Waals surface area (Å²) in [4.78, 5) is 15.3. The van der Waals surface area contributed by atoms with Gasteiger partial charge in [-0.05, 0) is 53.7 Å². The van der Waals surface area contributed by atoms with Crippen molar-refractivity contribution in [3.05, 3.63) is 51.9 Å². The van der Waals surface area contributed by atoms with Gasteiger partial charge in [0.1, 0.15) is 23.1 Å². The molecule has 2 unspecified atom stereocenters. The van der Waals surface area contributed by atoms with Crippen molar-refractivity contribution in [2.75, 3.05) is 0 Å². The fourth-order valence-corrected chi connectivity index (χ4v) is 5.14. The molecule has 1 aliphatic heterocycles. The Morgan fingerprint density at radius 2 is 1.85 bits per heavy atom. The maximum absolute atomic E-state index is 6.41. The first-order valence-electron chi connectivity index (χ1n) is 11.2. The zero-order valence-corrected chi connectivity index (χ0v) is 20.6. The van der Waals surface area contributed by atoms with Crippen molar-refractivity contribution in [3.8, 4) is 28.7 Å². The van der Waals surface area contributed by atoms with Crippen LogP contribution < -0.4 is 4.74 Å². The molecule has 0 radical (unpaired) electrons. The fourth-order valence-electron chi connectivity index (χ4n) is 4.22. The van der Waals surface area contributed by atoms with Crippen LogP contribution in [0.25, 0.3) is 22.9 Å². The molecule has 0 bridgehead atoms. The summed E-state index contributed by atoms with van der Waals surface area (Å²) in [6, 6.07) is 8.13. The summed E-state index contributed by atoms with van der Waals surface area (Å²) >= 11 is 1.67. The van der Waals surface area contributed by atoms with Crippen molar-refractivity contribution in [3.63, 3.8) is 0 Å². The highest BCUT2D eigenvalue weighted by atomic mass is 32.1. The average molecular weight is 465 g/mol. The van der Waals surface area contributed by atoms with Gasteiger partial charge in [0.2, 0.25) is 6.29 Å². The van der Waals surface area contributed by atoms with Crippen LogP contribution in [0.1, 0.15) is 54.3 Å². The minimum atomic E-state index is -0.476. The molecular formula is C24H28N6O2S. The van der Waals surface area contributed by atoms with Crippen molar-refractivity contribution >= 4 is 11.3 Å². The lowest BCUT2D eigenvalue weighted by Gasteiger charge is -2.22. The van der Waals surface area contributed by atoms with Crippen molar-refractivity contribution < 1.29 is 9.47 Å². The zero-order valence-electron chi connectivity index (χ0n) is 19.7. The third kappa shape index (κ3) is 4.06. The molecule has 3 aromatic heterocycles. The summed E-state index contributed by atoms with van der Waals surface area (Å²) in [5.74, 6) is 3.09. The number of fused-ring (bicyclic) bond motifs is 3. The monoisotopic (exact) mass is 464 g/mol. The number of thiazole rings is 1. The zero-order chi connectivity index (χ0) is 23.3. The summed E-state index contributed by atoms with van der Waals surface area (Å²) in [6.45, 7) is 12.7. The van der Waals surface area contributed by atoms with Crippen LogP contribution in [0.4, 0.5) is 0 Å². The molecule has 33 heavy (non-hydrogen) atoms. The number of para-hydroxylation sites is 1. The van der Waals surface area contributed by atoms with Gasteiger partial charge in [0.15, 0.2) is 5.82 Å². The van der Waals surface area contributed by atoms with E-state index in [1.54, 1.807) is 11.3 Å². The van der Waals surface area contributed by atoms with E-state index in [-0.39, 0.29) is 12.1 Å².